The third-order valence-electron chi connectivity index (χ3n) is 4.85. The summed E-state index contributed by atoms with van der Waals surface area (Å²) < 4.78 is 13.2. The summed E-state index contributed by atoms with van der Waals surface area (Å²) in [7, 11) is 0. The molecule has 1 aliphatic heterocycles. The molecule has 0 aromatic heterocycles. The van der Waals surface area contributed by atoms with Crippen LogP contribution in [0.2, 0.25) is 0 Å². The van der Waals surface area contributed by atoms with Crippen LogP contribution in [-0.4, -0.2) is 29.9 Å². The Hall–Kier alpha value is -2.20. The number of hydrogen-bond donors (Lipinski definition) is 0. The molecule has 0 spiro atoms. The van der Waals surface area contributed by atoms with Crippen molar-refractivity contribution in [2.45, 2.75) is 39.3 Å². The van der Waals surface area contributed by atoms with E-state index in [-0.39, 0.29) is 17.8 Å². The molecule has 0 bridgehead atoms. The zero-order valence-electron chi connectivity index (χ0n) is 14.9. The summed E-state index contributed by atoms with van der Waals surface area (Å²) in [6.45, 7) is 6.57. The van der Waals surface area contributed by atoms with Crippen molar-refractivity contribution in [1.82, 2.24) is 4.90 Å². The van der Waals surface area contributed by atoms with E-state index in [9.17, 15) is 9.18 Å². The number of benzene rings is 2. The maximum absolute atomic E-state index is 13.2. The Labute approximate surface area is 149 Å². The summed E-state index contributed by atoms with van der Waals surface area (Å²) in [5.41, 5.74) is 3.40. The average Bonchev–Trinajstić information content (AvgIpc) is 2.58. The molecule has 0 aliphatic carbocycles. The van der Waals surface area contributed by atoms with Crippen molar-refractivity contribution in [3.63, 3.8) is 0 Å². The van der Waals surface area contributed by atoms with Gasteiger partial charge in [-0.15, -0.1) is 0 Å². The fourth-order valence-corrected chi connectivity index (χ4v) is 3.66. The van der Waals surface area contributed by atoms with Gasteiger partial charge in [0.05, 0.1) is 0 Å². The molecule has 0 unspecified atom stereocenters. The van der Waals surface area contributed by atoms with Crippen LogP contribution >= 0.6 is 0 Å². The highest BCUT2D eigenvalue weighted by Gasteiger charge is 2.27. The molecule has 3 nitrogen and oxygen atoms in total. The standard InChI is InChI=1S/C21H25FN2O/c1-16-4-3-5-18(14-16)15-23-12-10-21(11-13-23)24(17(2)25)20-8-6-19(22)7-9-20/h3-9,14,21H,10-13,15H2,1-2H3. The molecular weight excluding hydrogens is 315 g/mol. The SMILES string of the molecule is CC(=O)N(c1ccc(F)cc1)C1CCN(Cc2cccc(C)c2)CC1. The molecule has 25 heavy (non-hydrogen) atoms. The van der Waals surface area contributed by atoms with Crippen molar-refractivity contribution in [2.24, 2.45) is 0 Å². The predicted octanol–water partition coefficient (Wildman–Crippen LogP) is 4.15. The number of piperidine rings is 1. The van der Waals surface area contributed by atoms with E-state index in [2.05, 4.69) is 36.1 Å². The monoisotopic (exact) mass is 340 g/mol. The van der Waals surface area contributed by atoms with E-state index in [4.69, 9.17) is 0 Å². The lowest BCUT2D eigenvalue weighted by molar-refractivity contribution is -0.117. The van der Waals surface area contributed by atoms with Crippen molar-refractivity contribution < 1.29 is 9.18 Å². The van der Waals surface area contributed by atoms with Crippen LogP contribution in [-0.2, 0) is 11.3 Å². The first-order valence-corrected chi connectivity index (χ1v) is 8.86. The minimum absolute atomic E-state index is 0.0174. The van der Waals surface area contributed by atoms with Crippen molar-refractivity contribution >= 4 is 11.6 Å². The first kappa shape index (κ1) is 17.6. The van der Waals surface area contributed by atoms with Gasteiger partial charge in [-0.25, -0.2) is 4.39 Å². The summed E-state index contributed by atoms with van der Waals surface area (Å²) in [4.78, 5) is 16.4. The second-order valence-corrected chi connectivity index (χ2v) is 6.86. The highest BCUT2D eigenvalue weighted by molar-refractivity contribution is 5.92. The summed E-state index contributed by atoms with van der Waals surface area (Å²) in [5, 5.41) is 0. The topological polar surface area (TPSA) is 23.6 Å². The Kier molecular flexibility index (Phi) is 5.49. The molecule has 1 heterocycles. The number of amides is 1. The van der Waals surface area contributed by atoms with Crippen LogP contribution in [0.4, 0.5) is 10.1 Å². The first-order valence-electron chi connectivity index (χ1n) is 8.86. The van der Waals surface area contributed by atoms with Crippen LogP contribution in [0, 0.1) is 12.7 Å². The fourth-order valence-electron chi connectivity index (χ4n) is 3.66. The number of hydrogen-bond acceptors (Lipinski definition) is 2. The van der Waals surface area contributed by atoms with E-state index in [1.54, 1.807) is 19.1 Å². The lowest BCUT2D eigenvalue weighted by atomic mass is 10.0. The molecule has 3 rings (SSSR count). The van der Waals surface area contributed by atoms with Crippen LogP contribution in [0.5, 0.6) is 0 Å². The van der Waals surface area contributed by atoms with E-state index in [1.165, 1.54) is 23.3 Å². The molecule has 2 aromatic carbocycles. The van der Waals surface area contributed by atoms with Crippen LogP contribution in [0.25, 0.3) is 0 Å². The van der Waals surface area contributed by atoms with Gasteiger partial charge in [0.1, 0.15) is 5.82 Å². The zero-order chi connectivity index (χ0) is 17.8. The minimum atomic E-state index is -0.278. The average molecular weight is 340 g/mol. The van der Waals surface area contributed by atoms with Crippen LogP contribution in [0.15, 0.2) is 48.5 Å². The van der Waals surface area contributed by atoms with E-state index in [0.717, 1.165) is 38.2 Å². The maximum atomic E-state index is 13.2. The van der Waals surface area contributed by atoms with Gasteiger partial charge in [-0.05, 0) is 49.6 Å². The Morgan fingerprint density at radius 3 is 2.44 bits per heavy atom. The van der Waals surface area contributed by atoms with Gasteiger partial charge < -0.3 is 4.90 Å². The number of likely N-dealkylation sites (tertiary alicyclic amines) is 1. The third kappa shape index (κ3) is 4.45. The first-order chi connectivity index (χ1) is 12.0. The highest BCUT2D eigenvalue weighted by Crippen LogP contribution is 2.25. The van der Waals surface area contributed by atoms with Gasteiger partial charge in [0.25, 0.3) is 0 Å². The largest absolute Gasteiger partial charge is 0.310 e. The second-order valence-electron chi connectivity index (χ2n) is 6.86. The smallest absolute Gasteiger partial charge is 0.224 e. The number of aryl methyl sites for hydroxylation is 1. The lowest BCUT2D eigenvalue weighted by Gasteiger charge is -2.38. The fraction of sp³-hybridized carbons (Fsp3) is 0.381. The maximum Gasteiger partial charge on any atom is 0.224 e. The van der Waals surface area contributed by atoms with Crippen molar-refractivity contribution in [3.8, 4) is 0 Å². The third-order valence-corrected chi connectivity index (χ3v) is 4.85. The molecule has 1 fully saturated rings. The normalized spacial score (nSPS) is 16.0. The number of carbonyl (C=O) groups is 1. The molecule has 1 amide bonds. The van der Waals surface area contributed by atoms with Crippen LogP contribution in [0.3, 0.4) is 0 Å². The molecule has 0 N–H and O–H groups in total. The number of anilines is 1. The van der Waals surface area contributed by atoms with Gasteiger partial charge >= 0.3 is 0 Å². The van der Waals surface area contributed by atoms with Gasteiger partial charge in [-0.2, -0.15) is 0 Å². The lowest BCUT2D eigenvalue weighted by Crippen LogP contribution is -2.46. The van der Waals surface area contributed by atoms with Crippen molar-refractivity contribution in [1.29, 1.82) is 0 Å². The molecular formula is C21H25FN2O. The van der Waals surface area contributed by atoms with Crippen molar-refractivity contribution in [3.05, 3.63) is 65.5 Å². The molecule has 1 aliphatic rings. The Morgan fingerprint density at radius 2 is 1.84 bits per heavy atom. The summed E-state index contributed by atoms with van der Waals surface area (Å²) in [5.74, 6) is -0.260. The minimum Gasteiger partial charge on any atom is -0.310 e. The summed E-state index contributed by atoms with van der Waals surface area (Å²) in [6, 6.07) is 15.0. The van der Waals surface area contributed by atoms with Crippen LogP contribution in [0.1, 0.15) is 30.9 Å². The Morgan fingerprint density at radius 1 is 1.16 bits per heavy atom. The number of carbonyl (C=O) groups excluding carboxylic acids is 1. The molecule has 0 atom stereocenters. The molecule has 4 heteroatoms. The molecule has 0 radical (unpaired) electrons. The second kappa shape index (κ2) is 7.79. The highest BCUT2D eigenvalue weighted by atomic mass is 19.1. The Bertz CT molecular complexity index is 721. The Balaban J connectivity index is 1.63. The molecule has 132 valence electrons. The predicted molar refractivity (Wildman–Crippen MR) is 99.0 cm³/mol. The van der Waals surface area contributed by atoms with Gasteiger partial charge in [0, 0.05) is 38.3 Å². The summed E-state index contributed by atoms with van der Waals surface area (Å²) in [6.07, 6.45) is 1.87. The van der Waals surface area contributed by atoms with E-state index < -0.39 is 0 Å². The number of rotatable bonds is 4. The van der Waals surface area contributed by atoms with E-state index in [1.807, 2.05) is 4.90 Å². The van der Waals surface area contributed by atoms with Gasteiger partial charge in [0.2, 0.25) is 5.91 Å². The number of halogens is 1. The zero-order valence-corrected chi connectivity index (χ0v) is 14.9. The molecule has 1 saturated heterocycles. The van der Waals surface area contributed by atoms with E-state index in [0.29, 0.717) is 0 Å². The van der Waals surface area contributed by atoms with Crippen LogP contribution < -0.4 is 4.90 Å². The van der Waals surface area contributed by atoms with Gasteiger partial charge in [0.15, 0.2) is 0 Å². The molecule has 2 aromatic rings. The van der Waals surface area contributed by atoms with E-state index >= 15 is 0 Å². The van der Waals surface area contributed by atoms with Crippen molar-refractivity contribution in [2.75, 3.05) is 18.0 Å². The van der Waals surface area contributed by atoms with Gasteiger partial charge in [-0.3, -0.25) is 9.69 Å². The number of nitrogens with zero attached hydrogens (tertiary/aromatic N) is 2. The summed E-state index contributed by atoms with van der Waals surface area (Å²) >= 11 is 0. The van der Waals surface area contributed by atoms with Gasteiger partial charge in [-0.1, -0.05) is 29.8 Å². The molecule has 0 saturated carbocycles. The quantitative estimate of drug-likeness (QED) is 0.835.